The molecule has 1 aliphatic heterocycles. The molecule has 0 aliphatic carbocycles. The number of hydrogen-bond acceptors (Lipinski definition) is 4. The van der Waals surface area contributed by atoms with Crippen molar-refractivity contribution in [2.75, 3.05) is 31.1 Å². The monoisotopic (exact) mass is 378 g/mol. The van der Waals surface area contributed by atoms with Crippen molar-refractivity contribution in [2.24, 2.45) is 5.10 Å². The molecule has 1 saturated heterocycles. The van der Waals surface area contributed by atoms with E-state index in [2.05, 4.69) is 53.5 Å². The Morgan fingerprint density at radius 1 is 1.07 bits per heavy atom. The van der Waals surface area contributed by atoms with Crippen LogP contribution in [0.2, 0.25) is 0 Å². The van der Waals surface area contributed by atoms with Gasteiger partial charge in [-0.3, -0.25) is 4.79 Å². The molecule has 1 aliphatic rings. The molecule has 1 N–H and O–H groups in total. The zero-order valence-corrected chi connectivity index (χ0v) is 16.8. The lowest BCUT2D eigenvalue weighted by atomic mass is 10.0. The predicted octanol–water partition coefficient (Wildman–Crippen LogP) is 3.76. The largest absolute Gasteiger partial charge is 0.372 e. The first-order valence-corrected chi connectivity index (χ1v) is 10.2. The number of hydrazone groups is 1. The van der Waals surface area contributed by atoms with Crippen LogP contribution < -0.4 is 10.3 Å². The Morgan fingerprint density at radius 2 is 1.71 bits per heavy atom. The van der Waals surface area contributed by atoms with E-state index in [1.807, 2.05) is 41.4 Å². The van der Waals surface area contributed by atoms with E-state index in [1.165, 1.54) is 5.69 Å². The highest BCUT2D eigenvalue weighted by Crippen LogP contribution is 2.15. The number of nitrogens with one attached hydrogen (secondary N) is 1. The van der Waals surface area contributed by atoms with E-state index in [0.717, 1.165) is 50.1 Å². The molecule has 1 amide bonds. The minimum Gasteiger partial charge on any atom is -0.372 e. The smallest absolute Gasteiger partial charge is 0.253 e. The first-order valence-electron chi connectivity index (χ1n) is 10.2. The minimum atomic E-state index is 0.121. The molecule has 28 heavy (non-hydrogen) atoms. The summed E-state index contributed by atoms with van der Waals surface area (Å²) in [6, 6.07) is 18.3. The topological polar surface area (TPSA) is 47.9 Å². The number of benzene rings is 2. The van der Waals surface area contributed by atoms with Crippen molar-refractivity contribution >= 4 is 17.8 Å². The zero-order chi connectivity index (χ0) is 19.8. The number of rotatable bonds is 7. The van der Waals surface area contributed by atoms with E-state index in [1.54, 1.807) is 0 Å². The van der Waals surface area contributed by atoms with E-state index >= 15 is 0 Å². The van der Waals surface area contributed by atoms with E-state index in [9.17, 15) is 4.79 Å². The van der Waals surface area contributed by atoms with Gasteiger partial charge in [0.1, 0.15) is 0 Å². The number of likely N-dealkylation sites (tertiary alicyclic amines) is 1. The molecule has 0 atom stereocenters. The maximum Gasteiger partial charge on any atom is 0.253 e. The van der Waals surface area contributed by atoms with Gasteiger partial charge in [0.2, 0.25) is 0 Å². The van der Waals surface area contributed by atoms with Crippen molar-refractivity contribution in [3.8, 4) is 0 Å². The second-order valence-corrected chi connectivity index (χ2v) is 7.08. The average molecular weight is 379 g/mol. The normalized spacial score (nSPS) is 15.0. The summed E-state index contributed by atoms with van der Waals surface area (Å²) in [5.41, 5.74) is 6.34. The van der Waals surface area contributed by atoms with Crippen molar-refractivity contribution in [1.29, 1.82) is 0 Å². The Hall–Kier alpha value is -2.82. The summed E-state index contributed by atoms with van der Waals surface area (Å²) >= 11 is 0. The van der Waals surface area contributed by atoms with E-state index in [-0.39, 0.29) is 5.91 Å². The van der Waals surface area contributed by atoms with Crippen LogP contribution in [-0.2, 0) is 0 Å². The SMILES string of the molecule is CCN(CC)c1ccc(/C=N/NC2CCN(C(=O)c3ccccc3)CC2)cc1. The molecule has 2 aromatic rings. The summed E-state index contributed by atoms with van der Waals surface area (Å²) in [5, 5.41) is 4.42. The van der Waals surface area contributed by atoms with Crippen molar-refractivity contribution in [2.45, 2.75) is 32.7 Å². The third-order valence-corrected chi connectivity index (χ3v) is 5.30. The third kappa shape index (κ3) is 5.12. The molecule has 5 nitrogen and oxygen atoms in total. The summed E-state index contributed by atoms with van der Waals surface area (Å²) in [5.74, 6) is 0.121. The Balaban J connectivity index is 1.45. The second kappa shape index (κ2) is 9.93. The Morgan fingerprint density at radius 3 is 2.32 bits per heavy atom. The van der Waals surface area contributed by atoms with Crippen LogP contribution in [0.3, 0.4) is 0 Å². The molecule has 0 radical (unpaired) electrons. The highest BCUT2D eigenvalue weighted by Gasteiger charge is 2.23. The zero-order valence-electron chi connectivity index (χ0n) is 16.8. The first kappa shape index (κ1) is 19.9. The molecular formula is C23H30N4O. The van der Waals surface area contributed by atoms with Gasteiger partial charge in [-0.05, 0) is 56.5 Å². The fraction of sp³-hybridized carbons (Fsp3) is 0.391. The molecule has 3 rings (SSSR count). The Bertz CT molecular complexity index is 761. The molecule has 5 heteroatoms. The number of anilines is 1. The summed E-state index contributed by atoms with van der Waals surface area (Å²) in [6.07, 6.45) is 3.70. The molecule has 148 valence electrons. The summed E-state index contributed by atoms with van der Waals surface area (Å²) in [7, 11) is 0. The van der Waals surface area contributed by atoms with Crippen LogP contribution in [0.25, 0.3) is 0 Å². The van der Waals surface area contributed by atoms with Crippen molar-refractivity contribution in [3.63, 3.8) is 0 Å². The van der Waals surface area contributed by atoms with Crippen molar-refractivity contribution < 1.29 is 4.79 Å². The highest BCUT2D eigenvalue weighted by atomic mass is 16.2. The van der Waals surface area contributed by atoms with Crippen LogP contribution in [0.1, 0.15) is 42.6 Å². The van der Waals surface area contributed by atoms with Gasteiger partial charge >= 0.3 is 0 Å². The number of carbonyl (C=O) groups excluding carboxylic acids is 1. The number of piperidine rings is 1. The van der Waals surface area contributed by atoms with Gasteiger partial charge in [-0.15, -0.1) is 0 Å². The Labute approximate surface area is 168 Å². The van der Waals surface area contributed by atoms with Crippen molar-refractivity contribution in [1.82, 2.24) is 10.3 Å². The quantitative estimate of drug-likeness (QED) is 0.589. The predicted molar refractivity (Wildman–Crippen MR) is 116 cm³/mol. The van der Waals surface area contributed by atoms with Crippen LogP contribution in [0.5, 0.6) is 0 Å². The molecule has 0 spiro atoms. The number of hydrogen-bond donors (Lipinski definition) is 1. The lowest BCUT2D eigenvalue weighted by molar-refractivity contribution is 0.0705. The van der Waals surface area contributed by atoms with E-state index in [0.29, 0.717) is 6.04 Å². The van der Waals surface area contributed by atoms with Gasteiger partial charge < -0.3 is 15.2 Å². The molecule has 0 aromatic heterocycles. The van der Waals surface area contributed by atoms with Gasteiger partial charge in [-0.1, -0.05) is 30.3 Å². The van der Waals surface area contributed by atoms with Gasteiger partial charge in [0, 0.05) is 43.5 Å². The molecule has 1 fully saturated rings. The van der Waals surface area contributed by atoms with Gasteiger partial charge in [0.05, 0.1) is 6.21 Å². The number of amides is 1. The molecule has 0 saturated carbocycles. The fourth-order valence-electron chi connectivity index (χ4n) is 3.55. The van der Waals surface area contributed by atoms with E-state index in [4.69, 9.17) is 0 Å². The Kier molecular flexibility index (Phi) is 7.06. The van der Waals surface area contributed by atoms with Crippen LogP contribution in [0.4, 0.5) is 5.69 Å². The lowest BCUT2D eigenvalue weighted by Gasteiger charge is -2.31. The number of carbonyl (C=O) groups is 1. The van der Waals surface area contributed by atoms with Gasteiger partial charge in [0.15, 0.2) is 0 Å². The van der Waals surface area contributed by atoms with E-state index < -0.39 is 0 Å². The van der Waals surface area contributed by atoms with Gasteiger partial charge in [-0.2, -0.15) is 5.10 Å². The summed E-state index contributed by atoms with van der Waals surface area (Å²) in [4.78, 5) is 16.8. The maximum atomic E-state index is 12.5. The van der Waals surface area contributed by atoms with Gasteiger partial charge in [0.25, 0.3) is 5.91 Å². The summed E-state index contributed by atoms with van der Waals surface area (Å²) in [6.45, 7) is 7.88. The maximum absolute atomic E-state index is 12.5. The van der Waals surface area contributed by atoms with Crippen LogP contribution in [-0.4, -0.2) is 49.2 Å². The third-order valence-electron chi connectivity index (χ3n) is 5.30. The number of nitrogens with zero attached hydrogens (tertiary/aromatic N) is 3. The molecule has 0 unspecified atom stereocenters. The molecule has 2 aromatic carbocycles. The minimum absolute atomic E-state index is 0.121. The van der Waals surface area contributed by atoms with Crippen LogP contribution in [0, 0.1) is 0 Å². The standard InChI is InChI=1S/C23H30N4O/c1-3-26(4-2)22-12-10-19(11-13-22)18-24-25-21-14-16-27(17-15-21)23(28)20-8-6-5-7-9-20/h5-13,18,21,25H,3-4,14-17H2,1-2H3/b24-18+. The fourth-order valence-corrected chi connectivity index (χ4v) is 3.55. The van der Waals surface area contributed by atoms with Gasteiger partial charge in [-0.25, -0.2) is 0 Å². The average Bonchev–Trinajstić information content (AvgIpc) is 2.76. The molecular weight excluding hydrogens is 348 g/mol. The van der Waals surface area contributed by atoms with Crippen LogP contribution in [0.15, 0.2) is 59.7 Å². The lowest BCUT2D eigenvalue weighted by Crippen LogP contribution is -2.43. The first-order chi connectivity index (χ1) is 13.7. The molecule has 1 heterocycles. The second-order valence-electron chi connectivity index (χ2n) is 7.08. The molecule has 0 bridgehead atoms. The van der Waals surface area contributed by atoms with Crippen LogP contribution >= 0.6 is 0 Å². The van der Waals surface area contributed by atoms with Crippen molar-refractivity contribution in [3.05, 3.63) is 65.7 Å². The highest BCUT2D eigenvalue weighted by molar-refractivity contribution is 5.94. The summed E-state index contributed by atoms with van der Waals surface area (Å²) < 4.78 is 0.